The number of benzene rings is 1. The number of hydrogen-bond donors (Lipinski definition) is 1. The number of amides is 1. The first kappa shape index (κ1) is 16.1. The summed E-state index contributed by atoms with van der Waals surface area (Å²) in [5, 5.41) is 0. The summed E-state index contributed by atoms with van der Waals surface area (Å²) < 4.78 is 5.85. The Kier molecular flexibility index (Phi) is 4.35. The second-order valence-electron chi connectivity index (χ2n) is 7.71. The Hall–Kier alpha value is -1.39. The van der Waals surface area contributed by atoms with E-state index in [-0.39, 0.29) is 23.5 Å². The van der Waals surface area contributed by atoms with Gasteiger partial charge in [0.2, 0.25) is 0 Å². The first-order chi connectivity index (χ1) is 11.7. The molecule has 2 aliphatic heterocycles. The molecule has 24 heavy (non-hydrogen) atoms. The van der Waals surface area contributed by atoms with Gasteiger partial charge in [-0.1, -0.05) is 24.3 Å². The Morgan fingerprint density at radius 2 is 2.08 bits per heavy atom. The molecule has 2 N–H and O–H groups in total. The van der Waals surface area contributed by atoms with Crippen molar-refractivity contribution in [3.63, 3.8) is 0 Å². The van der Waals surface area contributed by atoms with E-state index in [1.807, 2.05) is 0 Å². The smallest absolute Gasteiger partial charge is 0.251 e. The van der Waals surface area contributed by atoms with Gasteiger partial charge in [0.05, 0.1) is 6.10 Å². The van der Waals surface area contributed by atoms with E-state index in [9.17, 15) is 4.79 Å². The number of nitrogens with zero attached hydrogens (tertiary/aromatic N) is 1. The van der Waals surface area contributed by atoms with Crippen LogP contribution < -0.4 is 5.73 Å². The summed E-state index contributed by atoms with van der Waals surface area (Å²) in [4.78, 5) is 15.0. The van der Waals surface area contributed by atoms with E-state index in [0.29, 0.717) is 6.54 Å². The lowest BCUT2D eigenvalue weighted by atomic mass is 9.66. The third-order valence-corrected chi connectivity index (χ3v) is 6.22. The van der Waals surface area contributed by atoms with E-state index in [1.54, 1.807) is 0 Å². The van der Waals surface area contributed by atoms with Crippen LogP contribution in [0.5, 0.6) is 0 Å². The Labute approximate surface area is 144 Å². The quantitative estimate of drug-likeness (QED) is 0.907. The summed E-state index contributed by atoms with van der Waals surface area (Å²) in [6, 6.07) is 8.85. The molecule has 1 spiro atoms. The number of piperidine rings is 1. The molecule has 1 aromatic rings. The van der Waals surface area contributed by atoms with Crippen molar-refractivity contribution in [2.45, 2.75) is 62.6 Å². The third kappa shape index (κ3) is 2.76. The Balaban J connectivity index is 1.53. The number of likely N-dealkylation sites (tertiary alicyclic amines) is 1. The number of nitrogens with two attached hydrogens (primary N) is 1. The van der Waals surface area contributed by atoms with E-state index in [0.717, 1.165) is 32.4 Å². The van der Waals surface area contributed by atoms with E-state index < -0.39 is 0 Å². The van der Waals surface area contributed by atoms with Gasteiger partial charge in [-0.05, 0) is 56.1 Å². The summed E-state index contributed by atoms with van der Waals surface area (Å²) >= 11 is 0. The maximum atomic E-state index is 13.0. The van der Waals surface area contributed by atoms with Gasteiger partial charge in [0.25, 0.3) is 5.91 Å². The van der Waals surface area contributed by atoms with Gasteiger partial charge < -0.3 is 15.4 Å². The number of ether oxygens (including phenoxy) is 1. The second-order valence-corrected chi connectivity index (χ2v) is 7.71. The fourth-order valence-electron chi connectivity index (χ4n) is 5.02. The molecule has 0 saturated carbocycles. The van der Waals surface area contributed by atoms with Crippen molar-refractivity contribution in [2.75, 3.05) is 19.6 Å². The van der Waals surface area contributed by atoms with Crippen LogP contribution in [-0.4, -0.2) is 42.6 Å². The van der Waals surface area contributed by atoms with Gasteiger partial charge in [-0.15, -0.1) is 0 Å². The van der Waals surface area contributed by atoms with Crippen LogP contribution in [0.3, 0.4) is 0 Å². The molecule has 4 rings (SSSR count). The zero-order chi connectivity index (χ0) is 16.6. The van der Waals surface area contributed by atoms with Crippen LogP contribution in [0.25, 0.3) is 0 Å². The molecule has 1 unspecified atom stereocenters. The lowest BCUT2D eigenvalue weighted by Gasteiger charge is -2.46. The monoisotopic (exact) mass is 328 g/mol. The van der Waals surface area contributed by atoms with Crippen molar-refractivity contribution in [3.8, 4) is 0 Å². The lowest BCUT2D eigenvalue weighted by Crippen LogP contribution is -2.52. The van der Waals surface area contributed by atoms with Crippen LogP contribution in [0.4, 0.5) is 0 Å². The summed E-state index contributed by atoms with van der Waals surface area (Å²) in [5.41, 5.74) is 8.82. The number of carbonyl (C=O) groups excluding carboxylic acids is 1. The van der Waals surface area contributed by atoms with Crippen molar-refractivity contribution in [1.82, 2.24) is 4.90 Å². The number of aryl methyl sites for hydroxylation is 1. The maximum absolute atomic E-state index is 13.0. The fourth-order valence-corrected chi connectivity index (χ4v) is 5.02. The van der Waals surface area contributed by atoms with E-state index in [1.165, 1.54) is 36.8 Å². The molecule has 4 heteroatoms. The zero-order valence-electron chi connectivity index (χ0n) is 14.4. The van der Waals surface area contributed by atoms with Crippen LogP contribution in [0.15, 0.2) is 24.3 Å². The van der Waals surface area contributed by atoms with Crippen molar-refractivity contribution >= 4 is 5.91 Å². The van der Waals surface area contributed by atoms with Gasteiger partial charge in [-0.3, -0.25) is 4.79 Å². The number of fused-ring (bicyclic) bond motifs is 2. The molecule has 2 fully saturated rings. The highest BCUT2D eigenvalue weighted by Crippen LogP contribution is 2.43. The average molecular weight is 328 g/mol. The maximum Gasteiger partial charge on any atom is 0.251 e. The van der Waals surface area contributed by atoms with Crippen molar-refractivity contribution < 1.29 is 9.53 Å². The van der Waals surface area contributed by atoms with E-state index in [2.05, 4.69) is 29.2 Å². The molecule has 0 radical (unpaired) electrons. The molecular formula is C20H28N2O2. The van der Waals surface area contributed by atoms with Gasteiger partial charge in [-0.25, -0.2) is 0 Å². The van der Waals surface area contributed by atoms with Gasteiger partial charge in [-0.2, -0.15) is 0 Å². The largest absolute Gasteiger partial charge is 0.364 e. The molecule has 1 amide bonds. The topological polar surface area (TPSA) is 55.6 Å². The summed E-state index contributed by atoms with van der Waals surface area (Å²) in [5.74, 6) is 0.188. The van der Waals surface area contributed by atoms with Crippen LogP contribution in [0.1, 0.15) is 49.7 Å². The minimum atomic E-state index is -0.271. The molecular weight excluding hydrogens is 300 g/mol. The minimum absolute atomic E-state index is 0.0631. The van der Waals surface area contributed by atoms with Gasteiger partial charge in [0, 0.05) is 25.0 Å². The highest BCUT2D eigenvalue weighted by Gasteiger charge is 2.43. The van der Waals surface area contributed by atoms with E-state index in [4.69, 9.17) is 10.5 Å². The molecule has 0 aromatic heterocycles. The van der Waals surface area contributed by atoms with E-state index >= 15 is 0 Å². The molecule has 3 atom stereocenters. The first-order valence-electron chi connectivity index (χ1n) is 9.44. The summed E-state index contributed by atoms with van der Waals surface area (Å²) in [7, 11) is 0. The van der Waals surface area contributed by atoms with Crippen molar-refractivity contribution in [3.05, 3.63) is 35.4 Å². The standard InChI is InChI=1S/C20H28N2O2/c21-13-16-8-9-18(24-16)19(23)22-12-4-11-20(14-22)10-3-6-15-5-1-2-7-17(15)20/h1-2,5,7,16,18H,3-4,6,8-14,21H2/t16-,18+,20?/m1/s1. The van der Waals surface area contributed by atoms with Gasteiger partial charge in [0.15, 0.2) is 0 Å². The molecule has 1 aliphatic carbocycles. The molecule has 3 aliphatic rings. The number of carbonyl (C=O) groups is 1. The second kappa shape index (κ2) is 6.49. The van der Waals surface area contributed by atoms with Crippen molar-refractivity contribution in [1.29, 1.82) is 0 Å². The third-order valence-electron chi connectivity index (χ3n) is 6.22. The molecule has 0 bridgehead atoms. The van der Waals surface area contributed by atoms with Crippen molar-refractivity contribution in [2.24, 2.45) is 5.73 Å². The highest BCUT2D eigenvalue weighted by atomic mass is 16.5. The summed E-state index contributed by atoms with van der Waals surface area (Å²) in [6.07, 6.45) is 7.42. The van der Waals surface area contributed by atoms with Gasteiger partial charge >= 0.3 is 0 Å². The Morgan fingerprint density at radius 3 is 2.92 bits per heavy atom. The molecule has 2 heterocycles. The zero-order valence-corrected chi connectivity index (χ0v) is 14.4. The molecule has 130 valence electrons. The SMILES string of the molecule is NC[C@H]1CC[C@@H](C(=O)N2CCCC3(CCCc4ccccc43)C2)O1. The summed E-state index contributed by atoms with van der Waals surface area (Å²) in [6.45, 7) is 2.24. The predicted molar refractivity (Wildman–Crippen MR) is 93.8 cm³/mol. The predicted octanol–water partition coefficient (Wildman–Crippen LogP) is 2.39. The van der Waals surface area contributed by atoms with Crippen LogP contribution >= 0.6 is 0 Å². The fraction of sp³-hybridized carbons (Fsp3) is 0.650. The van der Waals surface area contributed by atoms with Crippen LogP contribution in [0, 0.1) is 0 Å². The van der Waals surface area contributed by atoms with Crippen LogP contribution in [0.2, 0.25) is 0 Å². The molecule has 4 nitrogen and oxygen atoms in total. The van der Waals surface area contributed by atoms with Gasteiger partial charge in [0.1, 0.15) is 6.10 Å². The lowest BCUT2D eigenvalue weighted by molar-refractivity contribution is -0.145. The normalized spacial score (nSPS) is 32.8. The average Bonchev–Trinajstić information content (AvgIpc) is 3.11. The molecule has 1 aromatic carbocycles. The molecule has 2 saturated heterocycles. The Morgan fingerprint density at radius 1 is 1.25 bits per heavy atom. The minimum Gasteiger partial charge on any atom is -0.364 e. The van der Waals surface area contributed by atoms with Crippen LogP contribution in [-0.2, 0) is 21.4 Å². The highest BCUT2D eigenvalue weighted by molar-refractivity contribution is 5.81. The number of hydrogen-bond acceptors (Lipinski definition) is 3. The number of rotatable bonds is 2. The Bertz CT molecular complexity index is 617. The first-order valence-corrected chi connectivity index (χ1v) is 9.44.